The quantitative estimate of drug-likeness (QED) is 0.803. The van der Waals surface area contributed by atoms with Gasteiger partial charge in [0.25, 0.3) is 0 Å². The van der Waals surface area contributed by atoms with Gasteiger partial charge in [-0.2, -0.15) is 0 Å². The Balaban J connectivity index is 2.55. The second kappa shape index (κ2) is 7.88. The van der Waals surface area contributed by atoms with E-state index in [0.29, 0.717) is 24.3 Å². The molecule has 0 aliphatic rings. The molecule has 0 heterocycles. The molecule has 0 aliphatic carbocycles. The van der Waals surface area contributed by atoms with Crippen molar-refractivity contribution in [2.45, 2.75) is 26.2 Å². The lowest BCUT2D eigenvalue weighted by molar-refractivity contribution is 0.222. The highest BCUT2D eigenvalue weighted by Crippen LogP contribution is 2.17. The van der Waals surface area contributed by atoms with Crippen molar-refractivity contribution in [2.24, 2.45) is 5.92 Å². The summed E-state index contributed by atoms with van der Waals surface area (Å²) >= 11 is 5.90. The summed E-state index contributed by atoms with van der Waals surface area (Å²) in [6, 6.07) is 7.45. The molecule has 3 nitrogen and oxygen atoms in total. The minimum atomic E-state index is -2.97. The van der Waals surface area contributed by atoms with Crippen molar-refractivity contribution in [1.82, 2.24) is 0 Å². The summed E-state index contributed by atoms with van der Waals surface area (Å²) in [5.74, 6) is 0.333. The Bertz CT molecular complexity index is 485. The third-order valence-corrected chi connectivity index (χ3v) is 5.15. The smallest absolute Gasteiger partial charge is 0.150 e. The van der Waals surface area contributed by atoms with Crippen LogP contribution in [-0.2, 0) is 16.3 Å². The zero-order chi connectivity index (χ0) is 14.3. The van der Waals surface area contributed by atoms with Crippen LogP contribution in [0.3, 0.4) is 0 Å². The fourth-order valence-corrected chi connectivity index (χ4v) is 3.75. The van der Waals surface area contributed by atoms with Crippen LogP contribution in [0.1, 0.15) is 25.3 Å². The molecule has 0 saturated heterocycles. The summed E-state index contributed by atoms with van der Waals surface area (Å²) in [6.07, 6.45) is 1.78. The number of halogens is 1. The Morgan fingerprint density at radius 2 is 2.05 bits per heavy atom. The molecule has 0 fully saturated rings. The summed E-state index contributed by atoms with van der Waals surface area (Å²) in [5, 5.41) is 10.0. The van der Waals surface area contributed by atoms with Crippen molar-refractivity contribution in [3.63, 3.8) is 0 Å². The van der Waals surface area contributed by atoms with Gasteiger partial charge in [-0.05, 0) is 42.9 Å². The zero-order valence-corrected chi connectivity index (χ0v) is 12.8. The highest BCUT2D eigenvalue weighted by atomic mass is 35.5. The number of aliphatic hydroxyl groups is 1. The molecular weight excluding hydrogens is 284 g/mol. The molecule has 1 N–H and O–H groups in total. The first-order valence-electron chi connectivity index (χ1n) is 6.52. The van der Waals surface area contributed by atoms with E-state index < -0.39 is 9.84 Å². The second-order valence-corrected chi connectivity index (χ2v) is 7.56. The van der Waals surface area contributed by atoms with Gasteiger partial charge in [0, 0.05) is 17.4 Å². The van der Waals surface area contributed by atoms with Crippen molar-refractivity contribution in [1.29, 1.82) is 0 Å². The topological polar surface area (TPSA) is 54.4 Å². The molecule has 0 aliphatic heterocycles. The fraction of sp³-hybridized carbons (Fsp3) is 0.571. The average molecular weight is 305 g/mol. The predicted octanol–water partition coefficient (Wildman–Crippen LogP) is 2.71. The maximum atomic E-state index is 11.7. The van der Waals surface area contributed by atoms with Crippen LogP contribution < -0.4 is 0 Å². The zero-order valence-electron chi connectivity index (χ0n) is 11.2. The highest BCUT2D eigenvalue weighted by molar-refractivity contribution is 7.91. The van der Waals surface area contributed by atoms with Crippen molar-refractivity contribution in [3.8, 4) is 0 Å². The van der Waals surface area contributed by atoms with Crippen molar-refractivity contribution in [2.75, 3.05) is 18.1 Å². The Labute approximate surface area is 120 Å². The van der Waals surface area contributed by atoms with Gasteiger partial charge in [0.1, 0.15) is 9.84 Å². The molecule has 0 amide bonds. The largest absolute Gasteiger partial charge is 0.396 e. The van der Waals surface area contributed by atoms with Gasteiger partial charge in [0.05, 0.1) is 5.75 Å². The lowest BCUT2D eigenvalue weighted by Crippen LogP contribution is -2.18. The van der Waals surface area contributed by atoms with Crippen LogP contribution in [0.25, 0.3) is 0 Å². The Morgan fingerprint density at radius 1 is 1.32 bits per heavy atom. The van der Waals surface area contributed by atoms with Gasteiger partial charge in [-0.25, -0.2) is 8.42 Å². The van der Waals surface area contributed by atoms with Crippen LogP contribution in [-0.4, -0.2) is 31.6 Å². The molecule has 0 spiro atoms. The molecule has 1 unspecified atom stereocenters. The average Bonchev–Trinajstić information content (AvgIpc) is 2.34. The Morgan fingerprint density at radius 3 is 2.63 bits per heavy atom. The van der Waals surface area contributed by atoms with Gasteiger partial charge in [0.15, 0.2) is 0 Å². The molecule has 0 bridgehead atoms. The normalized spacial score (nSPS) is 13.4. The minimum Gasteiger partial charge on any atom is -0.396 e. The van der Waals surface area contributed by atoms with Crippen LogP contribution in [0.15, 0.2) is 24.3 Å². The first-order chi connectivity index (χ1) is 8.96. The van der Waals surface area contributed by atoms with E-state index in [4.69, 9.17) is 11.6 Å². The number of hydrogen-bond donors (Lipinski definition) is 1. The van der Waals surface area contributed by atoms with Crippen LogP contribution >= 0.6 is 11.6 Å². The summed E-state index contributed by atoms with van der Waals surface area (Å²) in [7, 11) is -2.97. The van der Waals surface area contributed by atoms with Crippen LogP contribution in [0.2, 0.25) is 5.02 Å². The van der Waals surface area contributed by atoms with Gasteiger partial charge in [-0.3, -0.25) is 0 Å². The maximum Gasteiger partial charge on any atom is 0.150 e. The summed E-state index contributed by atoms with van der Waals surface area (Å²) < 4.78 is 23.3. The molecule has 1 aromatic rings. The van der Waals surface area contributed by atoms with Crippen LogP contribution in [0.4, 0.5) is 0 Å². The molecule has 5 heteroatoms. The molecular formula is C14H21ClO3S. The van der Waals surface area contributed by atoms with Crippen molar-refractivity contribution in [3.05, 3.63) is 34.9 Å². The highest BCUT2D eigenvalue weighted by Gasteiger charge is 2.15. The first-order valence-corrected chi connectivity index (χ1v) is 8.72. The SMILES string of the molecule is CCCS(=O)(=O)CCC(CO)Cc1cccc(Cl)c1. The van der Waals surface area contributed by atoms with E-state index in [0.717, 1.165) is 5.56 Å². The number of aliphatic hydroxyl groups excluding tert-OH is 1. The van der Waals surface area contributed by atoms with Crippen LogP contribution in [0, 0.1) is 5.92 Å². The Kier molecular flexibility index (Phi) is 6.83. The molecule has 0 aromatic heterocycles. The molecule has 19 heavy (non-hydrogen) atoms. The third-order valence-electron chi connectivity index (χ3n) is 3.02. The van der Waals surface area contributed by atoms with Gasteiger partial charge in [0.2, 0.25) is 0 Å². The lowest BCUT2D eigenvalue weighted by atomic mass is 9.98. The van der Waals surface area contributed by atoms with Crippen molar-refractivity contribution < 1.29 is 13.5 Å². The van der Waals surface area contributed by atoms with E-state index in [1.54, 1.807) is 6.07 Å². The molecule has 0 radical (unpaired) electrons. The van der Waals surface area contributed by atoms with Gasteiger partial charge < -0.3 is 5.11 Å². The number of sulfone groups is 1. The summed E-state index contributed by atoms with van der Waals surface area (Å²) in [4.78, 5) is 0. The molecule has 108 valence electrons. The molecule has 1 atom stereocenters. The van der Waals surface area contributed by atoms with E-state index in [-0.39, 0.29) is 24.0 Å². The molecule has 1 rings (SSSR count). The second-order valence-electron chi connectivity index (χ2n) is 4.82. The standard InChI is InChI=1S/C14H21ClO3S/c1-2-7-19(17,18)8-6-13(11-16)9-12-4-3-5-14(15)10-12/h3-5,10,13,16H,2,6-9,11H2,1H3. The van der Waals surface area contributed by atoms with Gasteiger partial charge >= 0.3 is 0 Å². The van der Waals surface area contributed by atoms with E-state index in [2.05, 4.69) is 0 Å². The van der Waals surface area contributed by atoms with Gasteiger partial charge in [-0.1, -0.05) is 30.7 Å². The predicted molar refractivity (Wildman–Crippen MR) is 79.3 cm³/mol. The third kappa shape index (κ3) is 6.41. The summed E-state index contributed by atoms with van der Waals surface area (Å²) in [5.41, 5.74) is 1.03. The first kappa shape index (κ1) is 16.5. The number of benzene rings is 1. The van der Waals surface area contributed by atoms with E-state index in [1.807, 2.05) is 25.1 Å². The number of rotatable bonds is 8. The van der Waals surface area contributed by atoms with E-state index in [9.17, 15) is 13.5 Å². The number of hydrogen-bond acceptors (Lipinski definition) is 3. The minimum absolute atomic E-state index is 0.00580. The van der Waals surface area contributed by atoms with Crippen molar-refractivity contribution >= 4 is 21.4 Å². The monoisotopic (exact) mass is 304 g/mol. The fourth-order valence-electron chi connectivity index (χ4n) is 2.01. The molecule has 1 aromatic carbocycles. The summed E-state index contributed by atoms with van der Waals surface area (Å²) in [6.45, 7) is 1.85. The van der Waals surface area contributed by atoms with Gasteiger partial charge in [-0.15, -0.1) is 0 Å². The Hall–Kier alpha value is -0.580. The maximum absolute atomic E-state index is 11.7. The van der Waals surface area contributed by atoms with E-state index >= 15 is 0 Å². The lowest BCUT2D eigenvalue weighted by Gasteiger charge is -2.14. The van der Waals surface area contributed by atoms with E-state index in [1.165, 1.54) is 0 Å². The van der Waals surface area contributed by atoms with Crippen LogP contribution in [0.5, 0.6) is 0 Å². The molecule has 0 saturated carbocycles.